The highest BCUT2D eigenvalue weighted by molar-refractivity contribution is 6.30. The summed E-state index contributed by atoms with van der Waals surface area (Å²) in [5, 5.41) is 8.01. The summed E-state index contributed by atoms with van der Waals surface area (Å²) in [6.45, 7) is 3.56. The van der Waals surface area contributed by atoms with Crippen LogP contribution in [-0.2, 0) is 11.3 Å². The molecule has 4 heterocycles. The number of carbonyl (C=O) groups excluding carboxylic acids is 3. The van der Waals surface area contributed by atoms with Gasteiger partial charge >= 0.3 is 0 Å². The van der Waals surface area contributed by atoms with Gasteiger partial charge in [-0.05, 0) is 83.9 Å². The number of halogens is 1. The van der Waals surface area contributed by atoms with Crippen molar-refractivity contribution in [3.8, 4) is 0 Å². The third kappa shape index (κ3) is 8.03. The van der Waals surface area contributed by atoms with E-state index in [1.807, 2.05) is 73.7 Å². The molecule has 9 rings (SSSR count). The number of ketones is 2. The number of hydrogen-bond donors (Lipinski definition) is 2. The molecule has 11 heteroatoms. The number of H-pyrrole nitrogens is 1. The Morgan fingerprint density at radius 3 is 1.81 bits per heavy atom. The second-order valence-corrected chi connectivity index (χ2v) is 14.5. The fourth-order valence-electron chi connectivity index (χ4n) is 6.93. The second kappa shape index (κ2) is 16.1. The van der Waals surface area contributed by atoms with Crippen molar-refractivity contribution in [1.29, 1.82) is 0 Å². The van der Waals surface area contributed by atoms with Gasteiger partial charge in [0, 0.05) is 58.0 Å². The molecule has 1 amide bonds. The van der Waals surface area contributed by atoms with Crippen LogP contribution >= 0.6 is 11.6 Å². The number of hydrogen-bond acceptors (Lipinski definition) is 7. The summed E-state index contributed by atoms with van der Waals surface area (Å²) >= 11 is 5.92. The van der Waals surface area contributed by atoms with Crippen LogP contribution < -0.4 is 16.2 Å². The summed E-state index contributed by atoms with van der Waals surface area (Å²) in [5.74, 6) is -1.00. The van der Waals surface area contributed by atoms with Crippen molar-refractivity contribution in [2.45, 2.75) is 20.4 Å². The third-order valence-corrected chi connectivity index (χ3v) is 10.2. The number of carbonyl (C=O) groups is 3. The molecule has 59 heavy (non-hydrogen) atoms. The van der Waals surface area contributed by atoms with Gasteiger partial charge in [-0.2, -0.15) is 0 Å². The molecule has 10 nitrogen and oxygen atoms in total. The predicted octanol–water partition coefficient (Wildman–Crippen LogP) is 9.00. The Hall–Kier alpha value is -7.56. The molecule has 0 bridgehead atoms. The van der Waals surface area contributed by atoms with E-state index in [4.69, 9.17) is 11.6 Å². The molecule has 0 aliphatic heterocycles. The van der Waals surface area contributed by atoms with Gasteiger partial charge in [-0.3, -0.25) is 33.9 Å². The van der Waals surface area contributed by atoms with E-state index in [-0.39, 0.29) is 40.2 Å². The number of rotatable bonds is 7. The largest absolute Gasteiger partial charge is 0.360 e. The molecule has 0 spiro atoms. The van der Waals surface area contributed by atoms with Crippen LogP contribution in [-0.4, -0.2) is 37.0 Å². The lowest BCUT2D eigenvalue weighted by atomic mass is 9.99. The number of benzene rings is 5. The molecule has 2 N–H and O–H groups in total. The van der Waals surface area contributed by atoms with Crippen molar-refractivity contribution in [1.82, 2.24) is 19.5 Å². The Kier molecular flexibility index (Phi) is 10.5. The number of anilines is 1. The van der Waals surface area contributed by atoms with E-state index < -0.39 is 11.2 Å². The van der Waals surface area contributed by atoms with E-state index in [0.29, 0.717) is 44.0 Å². The zero-order valence-corrected chi connectivity index (χ0v) is 32.6. The van der Waals surface area contributed by atoms with E-state index in [1.54, 1.807) is 66.1 Å². The lowest BCUT2D eigenvalue weighted by Crippen LogP contribution is -2.24. The maximum atomic E-state index is 13.4. The standard InChI is InChI=1S/C28H20ClN3O3.C20H14N2O2/c1-17-12-25-23(14-30-17)28(35)24(27(34)20-7-6-18-4-2-3-5-19(18)13-20)15-32(25)16-26(33)31-22-10-8-21(29)9-11-22;1-12-8-18-16(10-21-12)20(24)17(11-22-18)19(23)15-7-6-13-4-2-3-5-14(13)9-15/h2-15H,16H2,1H3,(H,31,33);2-11H,1H3,(H,22,24). The predicted molar refractivity (Wildman–Crippen MR) is 233 cm³/mol. The number of aryl methyl sites for hydroxylation is 2. The molecule has 4 aromatic heterocycles. The zero-order valence-electron chi connectivity index (χ0n) is 31.8. The Balaban J connectivity index is 0.000000176. The molecule has 0 saturated heterocycles. The van der Waals surface area contributed by atoms with Gasteiger partial charge in [-0.25, -0.2) is 0 Å². The highest BCUT2D eigenvalue weighted by Gasteiger charge is 2.20. The summed E-state index contributed by atoms with van der Waals surface area (Å²) < 4.78 is 1.62. The Morgan fingerprint density at radius 2 is 1.19 bits per heavy atom. The summed E-state index contributed by atoms with van der Waals surface area (Å²) in [4.78, 5) is 76.4. The number of nitrogens with one attached hydrogen (secondary N) is 2. The van der Waals surface area contributed by atoms with Gasteiger partial charge < -0.3 is 14.9 Å². The molecule has 0 aliphatic rings. The molecule has 0 radical (unpaired) electrons. The van der Waals surface area contributed by atoms with E-state index in [2.05, 4.69) is 20.3 Å². The van der Waals surface area contributed by atoms with Crippen molar-refractivity contribution < 1.29 is 14.4 Å². The lowest BCUT2D eigenvalue weighted by Gasteiger charge is -2.14. The summed E-state index contributed by atoms with van der Waals surface area (Å²) in [6, 6.07) is 36.6. The van der Waals surface area contributed by atoms with Crippen LogP contribution in [0.1, 0.15) is 43.2 Å². The summed E-state index contributed by atoms with van der Waals surface area (Å²) in [7, 11) is 0. The number of aromatic amines is 1. The maximum absolute atomic E-state index is 13.4. The molecule has 0 unspecified atom stereocenters. The van der Waals surface area contributed by atoms with Crippen LogP contribution in [0.2, 0.25) is 5.02 Å². The third-order valence-electron chi connectivity index (χ3n) is 9.96. The average Bonchev–Trinajstić information content (AvgIpc) is 3.25. The van der Waals surface area contributed by atoms with Crippen molar-refractivity contribution in [3.05, 3.63) is 205 Å². The van der Waals surface area contributed by atoms with Crippen molar-refractivity contribution in [2.24, 2.45) is 0 Å². The first kappa shape index (κ1) is 38.3. The topological polar surface area (TPSA) is 144 Å². The van der Waals surface area contributed by atoms with Gasteiger partial charge in [0.25, 0.3) is 0 Å². The van der Waals surface area contributed by atoms with E-state index >= 15 is 0 Å². The number of amides is 1. The molecule has 288 valence electrons. The minimum atomic E-state index is -0.417. The quantitative estimate of drug-likeness (QED) is 0.153. The van der Waals surface area contributed by atoms with Gasteiger partial charge in [-0.1, -0.05) is 84.4 Å². The summed E-state index contributed by atoms with van der Waals surface area (Å²) in [6.07, 6.45) is 5.92. The Labute approximate surface area is 341 Å². The first-order chi connectivity index (χ1) is 28.5. The van der Waals surface area contributed by atoms with Gasteiger partial charge in [-0.15, -0.1) is 0 Å². The fourth-order valence-corrected chi connectivity index (χ4v) is 7.06. The van der Waals surface area contributed by atoms with Crippen LogP contribution in [0.5, 0.6) is 0 Å². The maximum Gasteiger partial charge on any atom is 0.244 e. The molecule has 5 aromatic carbocycles. The van der Waals surface area contributed by atoms with Gasteiger partial charge in [0.2, 0.25) is 16.8 Å². The normalized spacial score (nSPS) is 11.0. The van der Waals surface area contributed by atoms with E-state index in [0.717, 1.165) is 27.2 Å². The van der Waals surface area contributed by atoms with Crippen LogP contribution in [0, 0.1) is 13.8 Å². The zero-order chi connectivity index (χ0) is 41.2. The monoisotopic (exact) mass is 795 g/mol. The second-order valence-electron chi connectivity index (χ2n) is 14.1. The number of pyridine rings is 4. The number of aromatic nitrogens is 4. The van der Waals surface area contributed by atoms with Crippen molar-refractivity contribution in [3.63, 3.8) is 0 Å². The minimum Gasteiger partial charge on any atom is -0.360 e. The Bertz CT molecular complexity index is 3270. The van der Waals surface area contributed by atoms with E-state index in [1.165, 1.54) is 24.8 Å². The van der Waals surface area contributed by atoms with Crippen LogP contribution in [0.3, 0.4) is 0 Å². The minimum absolute atomic E-state index is 0.0160. The highest BCUT2D eigenvalue weighted by atomic mass is 35.5. The molecule has 0 saturated carbocycles. The Morgan fingerprint density at radius 1 is 0.644 bits per heavy atom. The average molecular weight is 796 g/mol. The number of nitrogens with zero attached hydrogens (tertiary/aromatic N) is 3. The molecular formula is C48H34ClN5O5. The van der Waals surface area contributed by atoms with Gasteiger partial charge in [0.1, 0.15) is 6.54 Å². The molecule has 0 aliphatic carbocycles. The molecule has 0 fully saturated rings. The summed E-state index contributed by atoms with van der Waals surface area (Å²) in [5.41, 5.74) is 3.61. The van der Waals surface area contributed by atoms with Crippen molar-refractivity contribution >= 4 is 78.1 Å². The molecular weight excluding hydrogens is 762 g/mol. The van der Waals surface area contributed by atoms with Crippen LogP contribution in [0.15, 0.2) is 156 Å². The first-order valence-corrected chi connectivity index (χ1v) is 19.0. The van der Waals surface area contributed by atoms with Gasteiger partial charge in [0.05, 0.1) is 32.9 Å². The van der Waals surface area contributed by atoms with E-state index in [9.17, 15) is 24.0 Å². The van der Waals surface area contributed by atoms with Crippen molar-refractivity contribution in [2.75, 3.05) is 5.32 Å². The van der Waals surface area contributed by atoms with Crippen LogP contribution in [0.25, 0.3) is 43.4 Å². The lowest BCUT2D eigenvalue weighted by molar-refractivity contribution is -0.116. The fraction of sp³-hybridized carbons (Fsp3) is 0.0625. The van der Waals surface area contributed by atoms with Crippen LogP contribution in [0.4, 0.5) is 5.69 Å². The molecule has 9 aromatic rings. The first-order valence-electron chi connectivity index (χ1n) is 18.6. The molecule has 0 atom stereocenters. The SMILES string of the molecule is Cc1cc2[nH]cc(C(=O)c3ccc4ccccc4c3)c(=O)c2cn1.Cc1cc2c(cn1)c(=O)c(C(=O)c1ccc3ccccc3c1)cn2CC(=O)Nc1ccc(Cl)cc1. The number of fused-ring (bicyclic) bond motifs is 4. The smallest absolute Gasteiger partial charge is 0.244 e. The van der Waals surface area contributed by atoms with Gasteiger partial charge in [0.15, 0.2) is 11.6 Å². The highest BCUT2D eigenvalue weighted by Crippen LogP contribution is 2.21.